The Morgan fingerprint density at radius 2 is 2.32 bits per heavy atom. The summed E-state index contributed by atoms with van der Waals surface area (Å²) in [5, 5.41) is 12.6. The molecule has 2 aromatic rings. The van der Waals surface area contributed by atoms with Crippen LogP contribution in [0.3, 0.4) is 0 Å². The van der Waals surface area contributed by atoms with E-state index in [4.69, 9.17) is 4.74 Å². The van der Waals surface area contributed by atoms with Gasteiger partial charge in [-0.2, -0.15) is 9.61 Å². The molecule has 0 amide bonds. The number of hydrogen-bond donors (Lipinski definition) is 0. The van der Waals surface area contributed by atoms with Crippen molar-refractivity contribution in [3.05, 3.63) is 60.3 Å². The molecule has 1 aliphatic rings. The zero-order chi connectivity index (χ0) is 12.9. The van der Waals surface area contributed by atoms with Crippen LogP contribution in [0.25, 0.3) is 5.65 Å². The Kier molecular flexibility index (Phi) is 3.36. The quantitative estimate of drug-likeness (QED) is 0.823. The maximum absolute atomic E-state index is 5.29. The van der Waals surface area contributed by atoms with Crippen LogP contribution in [0.1, 0.15) is 12.2 Å². The molecular formula is C14H14N4O. The van der Waals surface area contributed by atoms with E-state index in [-0.39, 0.29) is 0 Å². The Morgan fingerprint density at radius 1 is 1.32 bits per heavy atom. The summed E-state index contributed by atoms with van der Waals surface area (Å²) in [6.07, 6.45) is 13.2. The molecule has 0 atom stereocenters. The fraction of sp³-hybridized carbons (Fsp3) is 0.214. The van der Waals surface area contributed by atoms with Crippen molar-refractivity contribution >= 4 is 5.65 Å². The number of hydrogen-bond acceptors (Lipinski definition) is 4. The minimum Gasteiger partial charge on any atom is -0.501 e. The van der Waals surface area contributed by atoms with E-state index in [0.717, 1.165) is 23.5 Å². The fourth-order valence-electron chi connectivity index (χ4n) is 1.91. The van der Waals surface area contributed by atoms with E-state index in [1.165, 1.54) is 0 Å². The number of ether oxygens (including phenoxy) is 1. The van der Waals surface area contributed by atoms with Crippen LogP contribution in [-0.4, -0.2) is 26.4 Å². The molecule has 2 aromatic heterocycles. The minimum atomic E-state index is 0.693. The molecule has 0 bridgehead atoms. The first-order chi connectivity index (χ1) is 9.43. The third kappa shape index (κ3) is 2.70. The maximum Gasteiger partial charge on any atom is 0.177 e. The lowest BCUT2D eigenvalue weighted by Crippen LogP contribution is -1.99. The normalized spacial score (nSPS) is 21.6. The Hall–Kier alpha value is -2.43. The van der Waals surface area contributed by atoms with Crippen LogP contribution in [0.5, 0.6) is 0 Å². The lowest BCUT2D eigenvalue weighted by atomic mass is 10.1. The molecule has 0 unspecified atom stereocenters. The summed E-state index contributed by atoms with van der Waals surface area (Å²) in [6.45, 7) is 0.712. The van der Waals surface area contributed by atoms with Crippen molar-refractivity contribution in [3.8, 4) is 0 Å². The molecule has 96 valence electrons. The van der Waals surface area contributed by atoms with Crippen LogP contribution in [0.4, 0.5) is 0 Å². The van der Waals surface area contributed by atoms with Crippen molar-refractivity contribution < 1.29 is 4.74 Å². The van der Waals surface area contributed by atoms with E-state index >= 15 is 0 Å². The molecule has 0 spiro atoms. The third-order valence-corrected chi connectivity index (χ3v) is 2.82. The first kappa shape index (κ1) is 11.6. The molecule has 5 nitrogen and oxygen atoms in total. The van der Waals surface area contributed by atoms with E-state index in [0.29, 0.717) is 13.0 Å². The molecule has 0 saturated heterocycles. The summed E-state index contributed by atoms with van der Waals surface area (Å²) in [6, 6.07) is 3.75. The lowest BCUT2D eigenvalue weighted by molar-refractivity contribution is 0.256. The van der Waals surface area contributed by atoms with Gasteiger partial charge < -0.3 is 4.74 Å². The first-order valence-electron chi connectivity index (χ1n) is 6.23. The van der Waals surface area contributed by atoms with Crippen LogP contribution in [-0.2, 0) is 11.2 Å². The Morgan fingerprint density at radius 3 is 3.32 bits per heavy atom. The average molecular weight is 254 g/mol. The molecule has 1 aliphatic heterocycles. The summed E-state index contributed by atoms with van der Waals surface area (Å²) in [4.78, 5) is 0. The van der Waals surface area contributed by atoms with E-state index in [9.17, 15) is 0 Å². The molecule has 19 heavy (non-hydrogen) atoms. The Balaban J connectivity index is 1.89. The molecule has 0 fully saturated rings. The van der Waals surface area contributed by atoms with Gasteiger partial charge in [0.05, 0.1) is 12.9 Å². The van der Waals surface area contributed by atoms with Gasteiger partial charge in [-0.25, -0.2) is 0 Å². The summed E-state index contributed by atoms with van der Waals surface area (Å²) < 4.78 is 7.05. The smallest absolute Gasteiger partial charge is 0.177 e. The average Bonchev–Trinajstić information content (AvgIpc) is 2.89. The topological polar surface area (TPSA) is 52.3 Å². The van der Waals surface area contributed by atoms with Crippen LogP contribution >= 0.6 is 0 Å². The van der Waals surface area contributed by atoms with Crippen molar-refractivity contribution in [2.24, 2.45) is 0 Å². The minimum absolute atomic E-state index is 0.693. The Bertz CT molecular complexity index is 654. The second kappa shape index (κ2) is 5.48. The summed E-state index contributed by atoms with van der Waals surface area (Å²) in [5.74, 6) is 0.833. The van der Waals surface area contributed by atoms with E-state index in [1.54, 1.807) is 17.0 Å². The van der Waals surface area contributed by atoms with Crippen molar-refractivity contribution in [1.82, 2.24) is 19.8 Å². The highest BCUT2D eigenvalue weighted by Gasteiger charge is 2.06. The van der Waals surface area contributed by atoms with Gasteiger partial charge in [-0.3, -0.25) is 0 Å². The Labute approximate surface area is 110 Å². The number of nitrogens with zero attached hydrogens (tertiary/aromatic N) is 4. The largest absolute Gasteiger partial charge is 0.501 e. The molecular weight excluding hydrogens is 240 g/mol. The monoisotopic (exact) mass is 254 g/mol. The van der Waals surface area contributed by atoms with Crippen molar-refractivity contribution in [2.75, 3.05) is 6.61 Å². The molecule has 0 radical (unpaired) electrons. The van der Waals surface area contributed by atoms with Crippen molar-refractivity contribution in [2.45, 2.75) is 12.8 Å². The summed E-state index contributed by atoms with van der Waals surface area (Å²) >= 11 is 0. The molecule has 0 aromatic carbocycles. The van der Waals surface area contributed by atoms with Crippen LogP contribution < -0.4 is 0 Å². The standard InChI is InChI=1S/C14H14N4O/c1-2-9-19-10-4-6-12(5-1)11-14-17-16-13-7-3-8-15-18(13)14/h1,3-8,10H,2,9,11H2/b5-1+,10-4+,12-6+. The van der Waals surface area contributed by atoms with Crippen LogP contribution in [0, 0.1) is 0 Å². The fourth-order valence-corrected chi connectivity index (χ4v) is 1.91. The molecule has 3 heterocycles. The number of fused-ring (bicyclic) bond motifs is 1. The van der Waals surface area contributed by atoms with Gasteiger partial charge in [0.2, 0.25) is 0 Å². The van der Waals surface area contributed by atoms with Gasteiger partial charge in [-0.15, -0.1) is 10.2 Å². The van der Waals surface area contributed by atoms with Gasteiger partial charge in [-0.1, -0.05) is 18.2 Å². The molecule has 5 heteroatoms. The molecule has 0 N–H and O–H groups in total. The highest BCUT2D eigenvalue weighted by molar-refractivity contribution is 5.36. The number of rotatable bonds is 2. The van der Waals surface area contributed by atoms with Crippen molar-refractivity contribution in [3.63, 3.8) is 0 Å². The van der Waals surface area contributed by atoms with Crippen LogP contribution in [0.15, 0.2) is 54.5 Å². The first-order valence-corrected chi connectivity index (χ1v) is 6.23. The van der Waals surface area contributed by atoms with Crippen LogP contribution in [0.2, 0.25) is 0 Å². The summed E-state index contributed by atoms with van der Waals surface area (Å²) in [5.41, 5.74) is 1.92. The van der Waals surface area contributed by atoms with E-state index < -0.39 is 0 Å². The number of allylic oxidation sites excluding steroid dienone is 4. The molecule has 0 aliphatic carbocycles. The lowest BCUT2D eigenvalue weighted by Gasteiger charge is -1.99. The van der Waals surface area contributed by atoms with Gasteiger partial charge in [0.25, 0.3) is 0 Å². The molecule has 0 saturated carbocycles. The SMILES string of the molecule is C1=C(Cc2nnc3cccnn23)\C=C\CCO/C=C/1. The van der Waals surface area contributed by atoms with E-state index in [1.807, 2.05) is 24.3 Å². The second-order valence-corrected chi connectivity index (χ2v) is 4.22. The zero-order valence-corrected chi connectivity index (χ0v) is 10.4. The second-order valence-electron chi connectivity index (χ2n) is 4.22. The van der Waals surface area contributed by atoms with Gasteiger partial charge in [0.1, 0.15) is 0 Å². The predicted molar refractivity (Wildman–Crippen MR) is 71.4 cm³/mol. The van der Waals surface area contributed by atoms with Crippen molar-refractivity contribution in [1.29, 1.82) is 0 Å². The van der Waals surface area contributed by atoms with E-state index in [2.05, 4.69) is 27.4 Å². The highest BCUT2D eigenvalue weighted by Crippen LogP contribution is 2.10. The van der Waals surface area contributed by atoms with Gasteiger partial charge in [-0.05, 0) is 30.2 Å². The maximum atomic E-state index is 5.29. The summed E-state index contributed by atoms with van der Waals surface area (Å²) in [7, 11) is 0. The molecule has 3 rings (SSSR count). The predicted octanol–water partition coefficient (Wildman–Crippen LogP) is 2.08. The van der Waals surface area contributed by atoms with Gasteiger partial charge >= 0.3 is 0 Å². The zero-order valence-electron chi connectivity index (χ0n) is 10.4. The van der Waals surface area contributed by atoms with Gasteiger partial charge in [0.15, 0.2) is 11.5 Å². The number of aromatic nitrogens is 4. The third-order valence-electron chi connectivity index (χ3n) is 2.82. The highest BCUT2D eigenvalue weighted by atomic mass is 16.5. The van der Waals surface area contributed by atoms with Gasteiger partial charge in [0, 0.05) is 12.6 Å².